The van der Waals surface area contributed by atoms with E-state index in [1.54, 1.807) is 0 Å². The van der Waals surface area contributed by atoms with E-state index in [1.807, 2.05) is 20.2 Å². The van der Waals surface area contributed by atoms with E-state index in [1.165, 1.54) is 0 Å². The highest BCUT2D eigenvalue weighted by molar-refractivity contribution is 7.85. The van der Waals surface area contributed by atoms with Crippen LogP contribution in [0.5, 0.6) is 0 Å². The van der Waals surface area contributed by atoms with Gasteiger partial charge < -0.3 is 10.0 Å². The molecule has 0 aromatic carbocycles. The number of hydrogen-bond acceptors (Lipinski definition) is 4. The van der Waals surface area contributed by atoms with E-state index >= 15 is 0 Å². The molecule has 0 aliphatic rings. The average Bonchev–Trinajstić information content (AvgIpc) is 2.00. The van der Waals surface area contributed by atoms with E-state index in [0.717, 1.165) is 6.54 Å². The lowest BCUT2D eigenvalue weighted by Gasteiger charge is -2.01. The molecule has 14 heavy (non-hydrogen) atoms. The van der Waals surface area contributed by atoms with Crippen LogP contribution in [0.3, 0.4) is 0 Å². The molecule has 0 saturated carbocycles. The van der Waals surface area contributed by atoms with Gasteiger partial charge in [0.05, 0.1) is 5.75 Å². The minimum atomic E-state index is -3.85. The van der Waals surface area contributed by atoms with Crippen molar-refractivity contribution in [2.75, 3.05) is 33.0 Å². The summed E-state index contributed by atoms with van der Waals surface area (Å²) < 4.78 is 27.7. The molecule has 0 fully saturated rings. The summed E-state index contributed by atoms with van der Waals surface area (Å²) in [6.07, 6.45) is 1.97. The van der Waals surface area contributed by atoms with E-state index in [4.69, 9.17) is 9.66 Å². The van der Waals surface area contributed by atoms with Crippen LogP contribution in [0.15, 0.2) is 12.7 Å². The van der Waals surface area contributed by atoms with Gasteiger partial charge in [0.1, 0.15) is 0 Å². The monoisotopic (exact) mass is 225 g/mol. The third-order valence-electron chi connectivity index (χ3n) is 1.05. The Balaban J connectivity index is 0. The quantitative estimate of drug-likeness (QED) is 0.508. The maximum absolute atomic E-state index is 9.83. The Morgan fingerprint density at radius 1 is 1.43 bits per heavy atom. The summed E-state index contributed by atoms with van der Waals surface area (Å²) in [7, 11) is 0.185. The van der Waals surface area contributed by atoms with Gasteiger partial charge in [-0.3, -0.25) is 4.55 Å². The SMILES string of the molecule is C=CCN(C)C.O=S(=O)(O)CCCO. The van der Waals surface area contributed by atoms with Crippen LogP contribution in [0.4, 0.5) is 0 Å². The van der Waals surface area contributed by atoms with E-state index in [2.05, 4.69) is 11.5 Å². The lowest BCUT2D eigenvalue weighted by molar-refractivity contribution is 0.294. The van der Waals surface area contributed by atoms with Crippen molar-refractivity contribution in [1.29, 1.82) is 0 Å². The lowest BCUT2D eigenvalue weighted by Crippen LogP contribution is -2.09. The second-order valence-corrected chi connectivity index (χ2v) is 4.49. The fourth-order valence-electron chi connectivity index (χ4n) is 0.505. The molecule has 6 heteroatoms. The van der Waals surface area contributed by atoms with Crippen LogP contribution in [0, 0.1) is 0 Å². The largest absolute Gasteiger partial charge is 0.396 e. The van der Waals surface area contributed by atoms with Gasteiger partial charge in [-0.15, -0.1) is 6.58 Å². The highest BCUT2D eigenvalue weighted by Gasteiger charge is 2.00. The highest BCUT2D eigenvalue weighted by atomic mass is 32.2. The van der Waals surface area contributed by atoms with Gasteiger partial charge in [0, 0.05) is 13.2 Å². The molecular formula is C8H19NO4S. The van der Waals surface area contributed by atoms with Crippen molar-refractivity contribution >= 4 is 10.1 Å². The van der Waals surface area contributed by atoms with Gasteiger partial charge in [-0.05, 0) is 20.5 Å². The predicted molar refractivity (Wildman–Crippen MR) is 56.9 cm³/mol. The standard InChI is InChI=1S/C5H11N.C3H8O4S/c1-4-5-6(2)3;4-2-1-3-8(5,6)7/h4H,1,5H2,2-3H3;4H,1-3H2,(H,5,6,7). The summed E-state index contributed by atoms with van der Waals surface area (Å²) in [5.41, 5.74) is 0. The fraction of sp³-hybridized carbons (Fsp3) is 0.750. The van der Waals surface area contributed by atoms with Crippen LogP contribution in [0.1, 0.15) is 6.42 Å². The number of aliphatic hydroxyl groups is 1. The van der Waals surface area contributed by atoms with Crippen molar-refractivity contribution in [2.45, 2.75) is 6.42 Å². The van der Waals surface area contributed by atoms with Crippen LogP contribution in [0.2, 0.25) is 0 Å². The van der Waals surface area contributed by atoms with Crippen LogP contribution < -0.4 is 0 Å². The number of likely N-dealkylation sites (N-methyl/N-ethyl adjacent to an activating group) is 1. The first-order valence-electron chi connectivity index (χ1n) is 4.15. The molecule has 0 bridgehead atoms. The molecule has 86 valence electrons. The number of aliphatic hydroxyl groups excluding tert-OH is 1. The minimum absolute atomic E-state index is 0.0961. The second-order valence-electron chi connectivity index (χ2n) is 2.91. The summed E-state index contributed by atoms with van der Waals surface area (Å²) in [5, 5.41) is 8.05. The minimum Gasteiger partial charge on any atom is -0.396 e. The Hall–Kier alpha value is -0.430. The first-order chi connectivity index (χ1) is 6.33. The van der Waals surface area contributed by atoms with Crippen LogP contribution in [0.25, 0.3) is 0 Å². The van der Waals surface area contributed by atoms with Crippen molar-refractivity contribution in [3.8, 4) is 0 Å². The average molecular weight is 225 g/mol. The summed E-state index contributed by atoms with van der Waals surface area (Å²) in [6.45, 7) is 4.32. The zero-order valence-corrected chi connectivity index (χ0v) is 9.50. The van der Waals surface area contributed by atoms with Crippen LogP contribution in [-0.2, 0) is 10.1 Å². The highest BCUT2D eigenvalue weighted by Crippen LogP contribution is 1.84. The Bertz CT molecular complexity index is 223. The van der Waals surface area contributed by atoms with Gasteiger partial charge in [-0.1, -0.05) is 6.08 Å². The zero-order valence-electron chi connectivity index (χ0n) is 8.68. The molecule has 0 atom stereocenters. The molecule has 0 radical (unpaired) electrons. The Kier molecular flexibility index (Phi) is 10.5. The maximum atomic E-state index is 9.83. The van der Waals surface area contributed by atoms with Crippen LogP contribution in [-0.4, -0.2) is 56.0 Å². The molecule has 0 heterocycles. The topological polar surface area (TPSA) is 77.8 Å². The summed E-state index contributed by atoms with van der Waals surface area (Å²) in [5.74, 6) is -0.358. The lowest BCUT2D eigenvalue weighted by atomic mass is 10.5. The van der Waals surface area contributed by atoms with Gasteiger partial charge in [0.25, 0.3) is 10.1 Å². The summed E-state index contributed by atoms with van der Waals surface area (Å²) in [6, 6.07) is 0. The second kappa shape index (κ2) is 9.14. The van der Waals surface area contributed by atoms with Gasteiger partial charge in [-0.25, -0.2) is 0 Å². The van der Waals surface area contributed by atoms with E-state index in [-0.39, 0.29) is 18.8 Å². The van der Waals surface area contributed by atoms with Crippen molar-refractivity contribution in [3.05, 3.63) is 12.7 Å². The van der Waals surface area contributed by atoms with Crippen molar-refractivity contribution in [2.24, 2.45) is 0 Å². The molecule has 5 nitrogen and oxygen atoms in total. The first-order valence-corrected chi connectivity index (χ1v) is 5.76. The molecule has 2 N–H and O–H groups in total. The molecular weight excluding hydrogens is 206 g/mol. The van der Waals surface area contributed by atoms with Crippen LogP contribution >= 0.6 is 0 Å². The van der Waals surface area contributed by atoms with Crippen molar-refractivity contribution in [3.63, 3.8) is 0 Å². The zero-order chi connectivity index (χ0) is 11.6. The molecule has 0 saturated heterocycles. The molecule has 0 spiro atoms. The predicted octanol–water partition coefficient (Wildman–Crippen LogP) is -0.00940. The number of nitrogens with zero attached hydrogens (tertiary/aromatic N) is 1. The van der Waals surface area contributed by atoms with Crippen molar-refractivity contribution in [1.82, 2.24) is 4.90 Å². The smallest absolute Gasteiger partial charge is 0.264 e. The van der Waals surface area contributed by atoms with Gasteiger partial charge in [-0.2, -0.15) is 8.42 Å². The third-order valence-corrected chi connectivity index (χ3v) is 1.86. The Morgan fingerprint density at radius 3 is 2.00 bits per heavy atom. The molecule has 0 aromatic rings. The molecule has 0 unspecified atom stereocenters. The number of hydrogen-bond donors (Lipinski definition) is 2. The molecule has 0 aliphatic carbocycles. The summed E-state index contributed by atoms with van der Waals surface area (Å²) >= 11 is 0. The third kappa shape index (κ3) is 22.6. The normalized spacial score (nSPS) is 10.6. The maximum Gasteiger partial charge on any atom is 0.264 e. The number of rotatable bonds is 5. The van der Waals surface area contributed by atoms with Crippen molar-refractivity contribution < 1.29 is 18.1 Å². The Labute approximate surface area is 85.8 Å². The van der Waals surface area contributed by atoms with Gasteiger partial charge in [0.2, 0.25) is 0 Å². The molecule has 0 aliphatic heterocycles. The van der Waals surface area contributed by atoms with Gasteiger partial charge in [0.15, 0.2) is 0 Å². The van der Waals surface area contributed by atoms with E-state index in [0.29, 0.717) is 0 Å². The fourth-order valence-corrected chi connectivity index (χ4v) is 0.999. The van der Waals surface area contributed by atoms with E-state index in [9.17, 15) is 8.42 Å². The Morgan fingerprint density at radius 2 is 1.93 bits per heavy atom. The molecule has 0 aromatic heterocycles. The first kappa shape index (κ1) is 16.0. The van der Waals surface area contributed by atoms with Gasteiger partial charge >= 0.3 is 0 Å². The molecule has 0 rings (SSSR count). The summed E-state index contributed by atoms with van der Waals surface area (Å²) in [4.78, 5) is 2.06. The molecule has 0 amide bonds. The van der Waals surface area contributed by atoms with E-state index < -0.39 is 10.1 Å².